The summed E-state index contributed by atoms with van der Waals surface area (Å²) in [5.41, 5.74) is 5.30. The lowest BCUT2D eigenvalue weighted by molar-refractivity contribution is -0.146. The molecule has 0 saturated heterocycles. The highest BCUT2D eigenvalue weighted by Gasteiger charge is 2.49. The minimum atomic E-state index is -0.876. The molecule has 1 atom stereocenters. The molecule has 1 fully saturated rings. The van der Waals surface area contributed by atoms with Crippen molar-refractivity contribution in [2.24, 2.45) is 11.7 Å². The van der Waals surface area contributed by atoms with Crippen molar-refractivity contribution in [3.8, 4) is 0 Å². The summed E-state index contributed by atoms with van der Waals surface area (Å²) in [4.78, 5) is 11.7. The lowest BCUT2D eigenvalue weighted by Crippen LogP contribution is -2.53. The molecule has 1 aromatic rings. The van der Waals surface area contributed by atoms with Crippen molar-refractivity contribution in [1.29, 1.82) is 0 Å². The van der Waals surface area contributed by atoms with Crippen LogP contribution in [-0.4, -0.2) is 34.6 Å². The fourth-order valence-electron chi connectivity index (χ4n) is 1.65. The maximum absolute atomic E-state index is 11.7. The third-order valence-corrected chi connectivity index (χ3v) is 5.00. The van der Waals surface area contributed by atoms with Crippen molar-refractivity contribution < 1.29 is 9.53 Å². The fraction of sp³-hybridized carbons (Fsp3) is 0.700. The summed E-state index contributed by atoms with van der Waals surface area (Å²) in [7, 11) is 1.38. The molecule has 2 N–H and O–H groups in total. The van der Waals surface area contributed by atoms with E-state index in [4.69, 9.17) is 10.5 Å². The van der Waals surface area contributed by atoms with E-state index < -0.39 is 5.54 Å². The second-order valence-electron chi connectivity index (χ2n) is 4.18. The van der Waals surface area contributed by atoms with Crippen LogP contribution in [0.15, 0.2) is 4.34 Å². The second kappa shape index (κ2) is 4.91. The van der Waals surface area contributed by atoms with Crippen LogP contribution >= 0.6 is 23.1 Å². The van der Waals surface area contributed by atoms with E-state index in [1.165, 1.54) is 30.2 Å². The van der Waals surface area contributed by atoms with E-state index in [0.29, 0.717) is 5.75 Å². The molecule has 1 aliphatic carbocycles. The van der Waals surface area contributed by atoms with Gasteiger partial charge in [-0.2, -0.15) is 0 Å². The minimum Gasteiger partial charge on any atom is -0.468 e. The van der Waals surface area contributed by atoms with E-state index in [0.717, 1.165) is 22.2 Å². The molecule has 0 bridgehead atoms. The zero-order valence-electron chi connectivity index (χ0n) is 9.80. The molecule has 0 spiro atoms. The van der Waals surface area contributed by atoms with Gasteiger partial charge in [0.05, 0.1) is 7.11 Å². The summed E-state index contributed by atoms with van der Waals surface area (Å²) in [6.45, 7) is 1.90. The summed E-state index contributed by atoms with van der Waals surface area (Å²) in [5, 5.41) is 8.86. The molecule has 0 radical (unpaired) electrons. The van der Waals surface area contributed by atoms with E-state index in [2.05, 4.69) is 10.2 Å². The fourth-order valence-corrected chi connectivity index (χ4v) is 3.65. The monoisotopic (exact) mass is 273 g/mol. The summed E-state index contributed by atoms with van der Waals surface area (Å²) in [6, 6.07) is 0. The number of hydrogen-bond acceptors (Lipinski definition) is 7. The highest BCUT2D eigenvalue weighted by atomic mass is 32.2. The lowest BCUT2D eigenvalue weighted by Gasteiger charge is -2.25. The van der Waals surface area contributed by atoms with Gasteiger partial charge in [0.1, 0.15) is 10.5 Å². The second-order valence-corrected chi connectivity index (χ2v) is 6.59. The maximum atomic E-state index is 11.7. The van der Waals surface area contributed by atoms with Crippen LogP contribution in [0.25, 0.3) is 0 Å². The Kier molecular flexibility index (Phi) is 3.70. The van der Waals surface area contributed by atoms with Crippen molar-refractivity contribution in [2.75, 3.05) is 12.9 Å². The Hall–Kier alpha value is -0.660. The molecular weight excluding hydrogens is 258 g/mol. The number of carbonyl (C=O) groups excluding carboxylic acids is 1. The highest BCUT2D eigenvalue weighted by molar-refractivity contribution is 8.01. The average molecular weight is 273 g/mol. The third kappa shape index (κ3) is 2.78. The van der Waals surface area contributed by atoms with Gasteiger partial charge >= 0.3 is 5.97 Å². The number of hydrogen-bond donors (Lipinski definition) is 1. The summed E-state index contributed by atoms with van der Waals surface area (Å²) < 4.78 is 5.65. The minimum absolute atomic E-state index is 0.247. The molecule has 5 nitrogen and oxygen atoms in total. The van der Waals surface area contributed by atoms with E-state index in [1.54, 1.807) is 0 Å². The normalized spacial score (nSPS) is 18.8. The van der Waals surface area contributed by atoms with Crippen LogP contribution in [0.3, 0.4) is 0 Å². The molecule has 1 saturated carbocycles. The highest BCUT2D eigenvalue weighted by Crippen LogP contribution is 2.41. The Morgan fingerprint density at radius 1 is 1.65 bits per heavy atom. The Morgan fingerprint density at radius 3 is 2.82 bits per heavy atom. The number of methoxy groups -OCH3 is 1. The van der Waals surface area contributed by atoms with Crippen LogP contribution in [-0.2, 0) is 9.53 Å². The number of rotatable bonds is 5. The van der Waals surface area contributed by atoms with E-state index in [-0.39, 0.29) is 11.9 Å². The van der Waals surface area contributed by atoms with Crippen LogP contribution in [0.2, 0.25) is 0 Å². The molecule has 0 aromatic carbocycles. The molecule has 2 rings (SSSR count). The quantitative estimate of drug-likeness (QED) is 0.642. The molecule has 1 aromatic heterocycles. The van der Waals surface area contributed by atoms with Gasteiger partial charge in [-0.25, -0.2) is 0 Å². The van der Waals surface area contributed by atoms with Crippen molar-refractivity contribution in [3.05, 3.63) is 5.01 Å². The van der Waals surface area contributed by atoms with Crippen LogP contribution in [0.5, 0.6) is 0 Å². The summed E-state index contributed by atoms with van der Waals surface area (Å²) >= 11 is 2.99. The molecule has 0 aliphatic heterocycles. The van der Waals surface area contributed by atoms with Crippen LogP contribution in [0, 0.1) is 12.8 Å². The van der Waals surface area contributed by atoms with Crippen LogP contribution in [0.1, 0.15) is 17.8 Å². The first-order chi connectivity index (χ1) is 8.06. The van der Waals surface area contributed by atoms with Gasteiger partial charge in [0.25, 0.3) is 0 Å². The number of nitrogens with two attached hydrogens (primary N) is 1. The number of aromatic nitrogens is 2. The molecule has 7 heteroatoms. The molecular formula is C10H15N3O2S2. The third-order valence-electron chi connectivity index (χ3n) is 2.81. The van der Waals surface area contributed by atoms with Gasteiger partial charge in [-0.3, -0.25) is 4.79 Å². The van der Waals surface area contributed by atoms with Gasteiger partial charge < -0.3 is 10.5 Å². The van der Waals surface area contributed by atoms with Gasteiger partial charge in [-0.05, 0) is 25.7 Å². The molecule has 94 valence electrons. The van der Waals surface area contributed by atoms with Gasteiger partial charge in [0.15, 0.2) is 4.34 Å². The van der Waals surface area contributed by atoms with Crippen LogP contribution < -0.4 is 5.73 Å². The maximum Gasteiger partial charge on any atom is 0.327 e. The van der Waals surface area contributed by atoms with Gasteiger partial charge in [0.2, 0.25) is 0 Å². The number of aryl methyl sites for hydroxylation is 1. The Morgan fingerprint density at radius 2 is 2.35 bits per heavy atom. The van der Waals surface area contributed by atoms with E-state index in [9.17, 15) is 4.79 Å². The van der Waals surface area contributed by atoms with E-state index in [1.807, 2.05) is 6.92 Å². The number of ether oxygens (including phenoxy) is 1. The standard InChI is InChI=1S/C10H15N3O2S2/c1-6-12-13-9(17-6)16-5-10(11,7-3-4-7)8(14)15-2/h7H,3-5,11H2,1-2H3. The molecule has 1 heterocycles. The molecule has 1 unspecified atom stereocenters. The van der Waals surface area contributed by atoms with Crippen molar-refractivity contribution in [3.63, 3.8) is 0 Å². The van der Waals surface area contributed by atoms with E-state index >= 15 is 0 Å². The number of carbonyl (C=O) groups is 1. The van der Waals surface area contributed by atoms with Crippen molar-refractivity contribution in [1.82, 2.24) is 10.2 Å². The average Bonchev–Trinajstić information content (AvgIpc) is 3.09. The Bertz CT molecular complexity index is 419. The molecule has 17 heavy (non-hydrogen) atoms. The number of thioether (sulfide) groups is 1. The number of nitrogens with zero attached hydrogens (tertiary/aromatic N) is 2. The first-order valence-corrected chi connectivity index (χ1v) is 7.16. The topological polar surface area (TPSA) is 78.1 Å². The van der Waals surface area contributed by atoms with Gasteiger partial charge in [0, 0.05) is 5.75 Å². The van der Waals surface area contributed by atoms with Crippen molar-refractivity contribution in [2.45, 2.75) is 29.6 Å². The largest absolute Gasteiger partial charge is 0.468 e. The first kappa shape index (κ1) is 12.8. The smallest absolute Gasteiger partial charge is 0.327 e. The predicted octanol–water partition coefficient (Wildman–Crippen LogP) is 1.22. The molecule has 1 aliphatic rings. The zero-order chi connectivity index (χ0) is 12.5. The predicted molar refractivity (Wildman–Crippen MR) is 67.0 cm³/mol. The van der Waals surface area contributed by atoms with Gasteiger partial charge in [-0.1, -0.05) is 23.1 Å². The zero-order valence-corrected chi connectivity index (χ0v) is 11.4. The van der Waals surface area contributed by atoms with Gasteiger partial charge in [-0.15, -0.1) is 10.2 Å². The summed E-state index contributed by atoms with van der Waals surface area (Å²) in [6.07, 6.45) is 2.00. The lowest BCUT2D eigenvalue weighted by atomic mass is 9.97. The van der Waals surface area contributed by atoms with Crippen LogP contribution in [0.4, 0.5) is 0 Å². The molecule has 0 amide bonds. The first-order valence-electron chi connectivity index (χ1n) is 5.36. The summed E-state index contributed by atoms with van der Waals surface area (Å²) in [5.74, 6) is 0.420. The van der Waals surface area contributed by atoms with Crippen molar-refractivity contribution >= 4 is 29.1 Å². The Balaban J connectivity index is 2.01. The number of esters is 1. The SMILES string of the molecule is COC(=O)C(N)(CSc1nnc(C)s1)C1CC1. The Labute approximate surface area is 108 Å².